The first-order chi connectivity index (χ1) is 12.1. The second kappa shape index (κ2) is 11.5. The molecule has 0 spiro atoms. The Morgan fingerprint density at radius 1 is 1.12 bits per heavy atom. The largest absolute Gasteiger partial charge is 0.385 e. The lowest BCUT2D eigenvalue weighted by atomic mass is 9.91. The molecule has 2 aliphatic carbocycles. The van der Waals surface area contributed by atoms with Crippen molar-refractivity contribution in [2.24, 2.45) is 0 Å². The van der Waals surface area contributed by atoms with Crippen molar-refractivity contribution in [3.63, 3.8) is 0 Å². The van der Waals surface area contributed by atoms with Crippen LogP contribution in [0.1, 0.15) is 70.2 Å². The molecule has 0 bridgehead atoms. The van der Waals surface area contributed by atoms with Crippen LogP contribution in [0.3, 0.4) is 0 Å². The van der Waals surface area contributed by atoms with E-state index in [0.717, 1.165) is 6.04 Å². The zero-order chi connectivity index (χ0) is 18.8. The molecule has 0 aliphatic heterocycles. The van der Waals surface area contributed by atoms with Gasteiger partial charge in [-0.3, -0.25) is 0 Å². The summed E-state index contributed by atoms with van der Waals surface area (Å²) in [5, 5.41) is 8.64. The van der Waals surface area contributed by atoms with Gasteiger partial charge in [-0.15, -0.1) is 17.9 Å². The van der Waals surface area contributed by atoms with Crippen LogP contribution in [0, 0.1) is 0 Å². The van der Waals surface area contributed by atoms with Gasteiger partial charge in [0.25, 0.3) is 0 Å². The number of allylic oxidation sites excluding steroid dienone is 1. The van der Waals surface area contributed by atoms with Crippen LogP contribution in [-0.4, -0.2) is 19.1 Å². The topological polar surface area (TPSA) is 24.1 Å². The summed E-state index contributed by atoms with van der Waals surface area (Å²) in [5.41, 5.74) is 2.95. The van der Waals surface area contributed by atoms with Gasteiger partial charge >= 0.3 is 0 Å². The van der Waals surface area contributed by atoms with Gasteiger partial charge in [0, 0.05) is 32.4 Å². The van der Waals surface area contributed by atoms with Crippen molar-refractivity contribution in [3.8, 4) is 0 Å². The third-order valence-corrected chi connectivity index (χ3v) is 6.07. The van der Waals surface area contributed by atoms with E-state index in [1.807, 2.05) is 32.1 Å². The highest BCUT2D eigenvalue weighted by Gasteiger charge is 2.21. The maximum Gasteiger partial charge on any atom is 0.0293 e. The molecule has 1 aromatic heterocycles. The molecule has 0 amide bonds. The van der Waals surface area contributed by atoms with Crippen molar-refractivity contribution in [1.29, 1.82) is 0 Å². The van der Waals surface area contributed by atoms with Crippen LogP contribution in [-0.2, 0) is 12.8 Å². The summed E-state index contributed by atoms with van der Waals surface area (Å²) in [6.07, 6.45) is 10.7. The first kappa shape index (κ1) is 22.0. The van der Waals surface area contributed by atoms with Crippen molar-refractivity contribution in [2.75, 3.05) is 7.05 Å². The van der Waals surface area contributed by atoms with Crippen LogP contribution < -0.4 is 20.4 Å². The van der Waals surface area contributed by atoms with Gasteiger partial charge in [0.1, 0.15) is 0 Å². The van der Waals surface area contributed by atoms with Gasteiger partial charge in [-0.2, -0.15) is 0 Å². The van der Waals surface area contributed by atoms with Crippen molar-refractivity contribution in [3.05, 3.63) is 32.8 Å². The number of rotatable bonds is 3. The summed E-state index contributed by atoms with van der Waals surface area (Å²) in [5.74, 6) is 0. The third kappa shape index (κ3) is 6.00. The molecule has 2 nitrogen and oxygen atoms in total. The minimum absolute atomic E-state index is 0.649. The quantitative estimate of drug-likeness (QED) is 0.791. The molecule has 1 fully saturated rings. The summed E-state index contributed by atoms with van der Waals surface area (Å²) in [6, 6.07) is 1.37. The fourth-order valence-electron chi connectivity index (χ4n) is 3.80. The van der Waals surface area contributed by atoms with Crippen molar-refractivity contribution in [2.45, 2.75) is 84.7 Å². The highest BCUT2D eigenvalue weighted by molar-refractivity contribution is 7.10. The van der Waals surface area contributed by atoms with Crippen molar-refractivity contribution < 1.29 is 0 Å². The molecule has 1 saturated carbocycles. The Labute approximate surface area is 159 Å². The summed E-state index contributed by atoms with van der Waals surface area (Å²) >= 11 is 1.92. The van der Waals surface area contributed by atoms with Gasteiger partial charge in [0.2, 0.25) is 0 Å². The van der Waals surface area contributed by atoms with E-state index in [1.54, 1.807) is 16.5 Å². The number of thiophene rings is 1. The number of fused-ring (bicyclic) bond motifs is 1. The maximum atomic E-state index is 4.27. The summed E-state index contributed by atoms with van der Waals surface area (Å²) < 4.78 is 1.27. The predicted octanol–water partition coefficient (Wildman–Crippen LogP) is 4.11. The van der Waals surface area contributed by atoms with E-state index in [4.69, 9.17) is 0 Å². The number of hydrogen-bond acceptors (Lipinski definition) is 3. The van der Waals surface area contributed by atoms with Crippen LogP contribution in [0.25, 0.3) is 12.3 Å². The SMILES string of the molecule is C=CC.C=c1sc2c(/c1=C(/C)NC1CCC(NC)CC1)CCC2.CC. The molecule has 0 radical (unpaired) electrons. The van der Waals surface area contributed by atoms with E-state index in [-0.39, 0.29) is 0 Å². The molecular weight excluding hydrogens is 324 g/mol. The Morgan fingerprint density at radius 3 is 2.24 bits per heavy atom. The number of aryl methyl sites for hydroxylation is 1. The Balaban J connectivity index is 0.000000567. The van der Waals surface area contributed by atoms with Gasteiger partial charge < -0.3 is 10.6 Å². The number of nitrogens with one attached hydrogen (secondary N) is 2. The Morgan fingerprint density at radius 2 is 1.68 bits per heavy atom. The Hall–Kier alpha value is -1.06. The van der Waals surface area contributed by atoms with E-state index in [1.165, 1.54) is 60.4 Å². The first-order valence-electron chi connectivity index (χ1n) is 9.91. The molecule has 3 rings (SSSR count). The fourth-order valence-corrected chi connectivity index (χ4v) is 5.05. The standard InChI is InChI=1S/C17H26N2S.C3H6.C2H6/c1-11(19-14-9-7-13(18-3)8-10-14)17-12(2)20-16-6-4-5-15(16)17;1-3-2;1-2/h13-14,18-19H,2,4-10H2,1,3H3;3H,1H2,2H3;1-2H3/b17-11-;;. The summed E-state index contributed by atoms with van der Waals surface area (Å²) in [6.45, 7) is 15.8. The second-order valence-corrected chi connectivity index (χ2v) is 7.86. The average molecular weight is 363 g/mol. The molecular formula is C22H38N2S. The summed E-state index contributed by atoms with van der Waals surface area (Å²) in [4.78, 5) is 1.59. The monoisotopic (exact) mass is 362 g/mol. The van der Waals surface area contributed by atoms with Crippen LogP contribution >= 0.6 is 11.3 Å². The Kier molecular flexibility index (Phi) is 10.1. The first-order valence-corrected chi connectivity index (χ1v) is 10.7. The average Bonchev–Trinajstić information content (AvgIpc) is 3.17. The lowest BCUT2D eigenvalue weighted by molar-refractivity contribution is 0.338. The molecule has 2 aliphatic rings. The molecule has 3 heteroatoms. The second-order valence-electron chi connectivity index (χ2n) is 6.67. The lowest BCUT2D eigenvalue weighted by Crippen LogP contribution is -2.40. The van der Waals surface area contributed by atoms with Crippen LogP contribution in [0.4, 0.5) is 0 Å². The van der Waals surface area contributed by atoms with E-state index in [0.29, 0.717) is 6.04 Å². The molecule has 1 aromatic rings. The fraction of sp³-hybridized carbons (Fsp3) is 0.636. The van der Waals surface area contributed by atoms with E-state index < -0.39 is 0 Å². The minimum Gasteiger partial charge on any atom is -0.385 e. The summed E-state index contributed by atoms with van der Waals surface area (Å²) in [7, 11) is 2.08. The predicted molar refractivity (Wildman–Crippen MR) is 116 cm³/mol. The van der Waals surface area contributed by atoms with Gasteiger partial charge in [-0.25, -0.2) is 0 Å². The van der Waals surface area contributed by atoms with Gasteiger partial charge in [0.15, 0.2) is 0 Å². The van der Waals surface area contributed by atoms with Crippen LogP contribution in [0.5, 0.6) is 0 Å². The molecule has 142 valence electrons. The van der Waals surface area contributed by atoms with E-state index in [9.17, 15) is 0 Å². The molecule has 1 heterocycles. The molecule has 0 atom stereocenters. The smallest absolute Gasteiger partial charge is 0.0293 e. The zero-order valence-corrected chi connectivity index (χ0v) is 17.8. The molecule has 0 aromatic carbocycles. The molecule has 0 unspecified atom stereocenters. The van der Waals surface area contributed by atoms with Gasteiger partial charge in [-0.1, -0.05) is 26.5 Å². The van der Waals surface area contributed by atoms with Gasteiger partial charge in [0.05, 0.1) is 0 Å². The van der Waals surface area contributed by atoms with Gasteiger partial charge in [-0.05, 0) is 71.4 Å². The highest BCUT2D eigenvalue weighted by Crippen LogP contribution is 2.22. The maximum absolute atomic E-state index is 4.27. The number of hydrogen-bond donors (Lipinski definition) is 2. The molecule has 25 heavy (non-hydrogen) atoms. The zero-order valence-electron chi connectivity index (χ0n) is 17.0. The normalized spacial score (nSPS) is 22.6. The van der Waals surface area contributed by atoms with Crippen molar-refractivity contribution >= 4 is 23.6 Å². The highest BCUT2D eigenvalue weighted by atomic mass is 32.1. The third-order valence-electron chi connectivity index (χ3n) is 4.93. The van der Waals surface area contributed by atoms with Crippen molar-refractivity contribution in [1.82, 2.24) is 10.6 Å². The lowest BCUT2D eigenvalue weighted by Gasteiger charge is -2.29. The minimum atomic E-state index is 0.649. The van der Waals surface area contributed by atoms with E-state index in [2.05, 4.69) is 37.8 Å². The van der Waals surface area contributed by atoms with E-state index >= 15 is 0 Å². The Bertz CT molecular complexity index is 621. The molecule has 2 N–H and O–H groups in total. The molecule has 0 saturated heterocycles. The van der Waals surface area contributed by atoms with Crippen LogP contribution in [0.2, 0.25) is 0 Å². The van der Waals surface area contributed by atoms with Crippen LogP contribution in [0.15, 0.2) is 12.7 Å².